The van der Waals surface area contributed by atoms with E-state index in [4.69, 9.17) is 20.9 Å². The number of anilines is 1. The van der Waals surface area contributed by atoms with Crippen LogP contribution in [-0.4, -0.2) is 31.8 Å². The van der Waals surface area contributed by atoms with Crippen LogP contribution in [0.1, 0.15) is 11.3 Å². The van der Waals surface area contributed by atoms with Crippen LogP contribution in [-0.2, 0) is 11.3 Å². The number of hydrogen-bond acceptors (Lipinski definition) is 4. The van der Waals surface area contributed by atoms with E-state index in [2.05, 4.69) is 10.5 Å². The number of ether oxygens (including phenoxy) is 1. The molecule has 22 heavy (non-hydrogen) atoms. The number of quaternary nitrogens is 1. The number of halogens is 1. The lowest BCUT2D eigenvalue weighted by Crippen LogP contribution is -3.08. The van der Waals surface area contributed by atoms with Crippen LogP contribution in [0.15, 0.2) is 28.8 Å². The number of benzene rings is 1. The molecule has 1 atom stereocenters. The first-order valence-electron chi connectivity index (χ1n) is 6.85. The Bertz CT molecular complexity index is 657. The third kappa shape index (κ3) is 4.47. The number of aryl methyl sites for hydroxylation is 1. The zero-order valence-electron chi connectivity index (χ0n) is 12.8. The van der Waals surface area contributed by atoms with Gasteiger partial charge in [0.1, 0.15) is 18.1 Å². The fourth-order valence-corrected chi connectivity index (χ4v) is 2.35. The van der Waals surface area contributed by atoms with Crippen LogP contribution in [0.5, 0.6) is 5.75 Å². The maximum atomic E-state index is 12.0. The Morgan fingerprint density at radius 3 is 2.86 bits per heavy atom. The van der Waals surface area contributed by atoms with Gasteiger partial charge in [0.05, 0.1) is 14.2 Å². The van der Waals surface area contributed by atoms with Gasteiger partial charge in [-0.3, -0.25) is 4.79 Å². The highest BCUT2D eigenvalue weighted by Crippen LogP contribution is 2.21. The van der Waals surface area contributed by atoms with Gasteiger partial charge in [0.25, 0.3) is 5.91 Å². The Morgan fingerprint density at radius 2 is 2.23 bits per heavy atom. The zero-order valence-corrected chi connectivity index (χ0v) is 13.5. The quantitative estimate of drug-likeness (QED) is 0.840. The first-order valence-corrected chi connectivity index (χ1v) is 7.22. The molecule has 0 radical (unpaired) electrons. The summed E-state index contributed by atoms with van der Waals surface area (Å²) in [5.41, 5.74) is 0.956. The van der Waals surface area contributed by atoms with E-state index >= 15 is 0 Å². The van der Waals surface area contributed by atoms with E-state index in [0.29, 0.717) is 29.7 Å². The molecule has 1 unspecified atom stereocenters. The molecular weight excluding hydrogens is 306 g/mol. The molecule has 0 aliphatic carbocycles. The Morgan fingerprint density at radius 1 is 1.45 bits per heavy atom. The zero-order chi connectivity index (χ0) is 16.1. The predicted octanol–water partition coefficient (Wildman–Crippen LogP) is 1.30. The molecule has 1 heterocycles. The molecule has 0 saturated heterocycles. The normalized spacial score (nSPS) is 12.0. The van der Waals surface area contributed by atoms with Gasteiger partial charge in [0.15, 0.2) is 12.4 Å². The van der Waals surface area contributed by atoms with Gasteiger partial charge in [0, 0.05) is 16.7 Å². The highest BCUT2D eigenvalue weighted by Gasteiger charge is 2.15. The van der Waals surface area contributed by atoms with Crippen molar-refractivity contribution >= 4 is 23.3 Å². The monoisotopic (exact) mass is 324 g/mol. The summed E-state index contributed by atoms with van der Waals surface area (Å²) in [4.78, 5) is 13.0. The fourth-order valence-electron chi connectivity index (χ4n) is 2.16. The molecule has 0 fully saturated rings. The van der Waals surface area contributed by atoms with Crippen LogP contribution in [0.4, 0.5) is 5.82 Å². The minimum absolute atomic E-state index is 0.133. The van der Waals surface area contributed by atoms with E-state index < -0.39 is 0 Å². The van der Waals surface area contributed by atoms with Crippen molar-refractivity contribution < 1.29 is 19.0 Å². The molecule has 2 rings (SSSR count). The molecule has 2 N–H and O–H groups in total. The average molecular weight is 325 g/mol. The van der Waals surface area contributed by atoms with Crippen LogP contribution in [0.2, 0.25) is 5.02 Å². The first kappa shape index (κ1) is 16.3. The highest BCUT2D eigenvalue weighted by molar-refractivity contribution is 6.30. The van der Waals surface area contributed by atoms with Gasteiger partial charge >= 0.3 is 0 Å². The van der Waals surface area contributed by atoms with E-state index in [1.54, 1.807) is 26.2 Å². The Kier molecular flexibility index (Phi) is 5.41. The third-order valence-corrected chi connectivity index (χ3v) is 3.33. The minimum Gasteiger partial charge on any atom is -0.496 e. The second-order valence-corrected chi connectivity index (χ2v) is 5.57. The number of nitrogens with one attached hydrogen (secondary N) is 2. The molecular formula is C15H19ClN3O3+. The largest absolute Gasteiger partial charge is 0.496 e. The van der Waals surface area contributed by atoms with E-state index in [9.17, 15) is 4.79 Å². The van der Waals surface area contributed by atoms with Crippen LogP contribution in [0.25, 0.3) is 0 Å². The van der Waals surface area contributed by atoms with Crippen molar-refractivity contribution in [1.82, 2.24) is 5.16 Å². The average Bonchev–Trinajstić information content (AvgIpc) is 2.83. The van der Waals surface area contributed by atoms with E-state index in [1.807, 2.05) is 19.2 Å². The van der Waals surface area contributed by atoms with E-state index in [-0.39, 0.29) is 5.91 Å². The number of methoxy groups -OCH3 is 1. The molecule has 0 spiro atoms. The first-order chi connectivity index (χ1) is 10.5. The summed E-state index contributed by atoms with van der Waals surface area (Å²) < 4.78 is 10.2. The number of hydrogen-bond donors (Lipinski definition) is 2. The summed E-state index contributed by atoms with van der Waals surface area (Å²) in [6, 6.07) is 7.12. The number of nitrogens with zero attached hydrogens (tertiary/aromatic N) is 1. The molecule has 2 aromatic rings. The SMILES string of the molecule is COc1ccc(Cl)cc1C[NH+](C)CC(=O)Nc1cc(C)on1. The van der Waals surface area contributed by atoms with Crippen LogP contribution in [0.3, 0.4) is 0 Å². The van der Waals surface area contributed by atoms with Crippen molar-refractivity contribution in [3.8, 4) is 5.75 Å². The second kappa shape index (κ2) is 7.29. The number of carbonyl (C=O) groups excluding carboxylic acids is 1. The number of rotatable bonds is 6. The highest BCUT2D eigenvalue weighted by atomic mass is 35.5. The van der Waals surface area contributed by atoms with Crippen molar-refractivity contribution in [2.75, 3.05) is 26.0 Å². The molecule has 7 heteroatoms. The molecule has 0 aliphatic heterocycles. The summed E-state index contributed by atoms with van der Waals surface area (Å²) in [5, 5.41) is 7.07. The molecule has 1 amide bonds. The topological polar surface area (TPSA) is 68.8 Å². The maximum absolute atomic E-state index is 12.0. The van der Waals surface area contributed by atoms with Crippen LogP contribution < -0.4 is 15.0 Å². The van der Waals surface area contributed by atoms with Gasteiger partial charge in [-0.05, 0) is 25.1 Å². The molecule has 6 nitrogen and oxygen atoms in total. The van der Waals surface area contributed by atoms with Gasteiger partial charge < -0.3 is 19.5 Å². The van der Waals surface area contributed by atoms with E-state index in [0.717, 1.165) is 16.2 Å². The van der Waals surface area contributed by atoms with Gasteiger partial charge in [-0.2, -0.15) is 0 Å². The molecule has 0 bridgehead atoms. The van der Waals surface area contributed by atoms with E-state index in [1.165, 1.54) is 0 Å². The number of likely N-dealkylation sites (N-methyl/N-ethyl adjacent to an activating group) is 1. The number of amides is 1. The summed E-state index contributed by atoms with van der Waals surface area (Å²) >= 11 is 6.01. The second-order valence-electron chi connectivity index (χ2n) is 5.14. The Labute approximate surface area is 134 Å². The van der Waals surface area contributed by atoms with Gasteiger partial charge in [-0.25, -0.2) is 0 Å². The van der Waals surface area contributed by atoms with Gasteiger partial charge in [0.2, 0.25) is 0 Å². The van der Waals surface area contributed by atoms with Crippen LogP contribution in [0, 0.1) is 6.92 Å². The van der Waals surface area contributed by atoms with Crippen molar-refractivity contribution in [3.05, 3.63) is 40.6 Å². The van der Waals surface area contributed by atoms with Crippen molar-refractivity contribution in [1.29, 1.82) is 0 Å². The standard InChI is InChI=1S/C15H18ClN3O3/c1-10-6-14(18-22-10)17-15(20)9-19(2)8-11-7-12(16)4-5-13(11)21-3/h4-7H,8-9H2,1-3H3,(H,17,18,20)/p+1. The van der Waals surface area contributed by atoms with Crippen molar-refractivity contribution in [2.45, 2.75) is 13.5 Å². The molecule has 0 aliphatic rings. The summed E-state index contributed by atoms with van der Waals surface area (Å²) in [7, 11) is 3.54. The van der Waals surface area contributed by atoms with Crippen LogP contribution >= 0.6 is 11.6 Å². The fraction of sp³-hybridized carbons (Fsp3) is 0.333. The molecule has 1 aromatic carbocycles. The summed E-state index contributed by atoms with van der Waals surface area (Å²) in [5.74, 6) is 1.71. The lowest BCUT2D eigenvalue weighted by Gasteiger charge is -2.15. The van der Waals surface area contributed by atoms with Crippen molar-refractivity contribution in [2.24, 2.45) is 0 Å². The molecule has 0 saturated carbocycles. The Balaban J connectivity index is 1.93. The number of aromatic nitrogens is 1. The third-order valence-electron chi connectivity index (χ3n) is 3.09. The molecule has 118 valence electrons. The minimum atomic E-state index is -0.133. The van der Waals surface area contributed by atoms with Gasteiger partial charge in [-0.1, -0.05) is 16.8 Å². The summed E-state index contributed by atoms with van der Waals surface area (Å²) in [6.45, 7) is 2.68. The molecule has 1 aromatic heterocycles. The lowest BCUT2D eigenvalue weighted by atomic mass is 10.2. The van der Waals surface area contributed by atoms with Crippen molar-refractivity contribution in [3.63, 3.8) is 0 Å². The number of carbonyl (C=O) groups is 1. The maximum Gasteiger partial charge on any atom is 0.280 e. The lowest BCUT2D eigenvalue weighted by molar-refractivity contribution is -0.885. The van der Waals surface area contributed by atoms with Gasteiger partial charge in [-0.15, -0.1) is 0 Å². The Hall–Kier alpha value is -2.05. The predicted molar refractivity (Wildman–Crippen MR) is 83.3 cm³/mol. The summed E-state index contributed by atoms with van der Waals surface area (Å²) in [6.07, 6.45) is 0. The smallest absolute Gasteiger partial charge is 0.280 e.